The number of carbonyl (C=O) groups is 5. The van der Waals surface area contributed by atoms with Gasteiger partial charge in [-0.2, -0.15) is 0 Å². The van der Waals surface area contributed by atoms with Crippen molar-refractivity contribution in [1.29, 1.82) is 0 Å². The Kier molecular flexibility index (Phi) is 22.8. The highest BCUT2D eigenvalue weighted by Gasteiger charge is 2.29. The highest BCUT2D eigenvalue weighted by molar-refractivity contribution is 5.85. The summed E-state index contributed by atoms with van der Waals surface area (Å²) in [5, 5.41) is 8.29. The lowest BCUT2D eigenvalue weighted by atomic mass is 9.98. The first-order chi connectivity index (χ1) is 30.5. The van der Waals surface area contributed by atoms with E-state index in [2.05, 4.69) is 40.2 Å². The van der Waals surface area contributed by atoms with Gasteiger partial charge in [0.05, 0.1) is 0 Å². The van der Waals surface area contributed by atoms with Crippen LogP contribution in [-0.2, 0) is 40.0 Å². The number of ether oxygens (including phenoxy) is 3. The molecular formula is C52H73N3O8. The van der Waals surface area contributed by atoms with Gasteiger partial charge in [0.15, 0.2) is 0 Å². The maximum Gasteiger partial charge on any atom is 0.407 e. The van der Waals surface area contributed by atoms with Crippen molar-refractivity contribution in [1.82, 2.24) is 16.0 Å². The van der Waals surface area contributed by atoms with Crippen LogP contribution >= 0.6 is 0 Å². The number of amides is 3. The Morgan fingerprint density at radius 2 is 1.05 bits per heavy atom. The van der Waals surface area contributed by atoms with E-state index in [0.29, 0.717) is 12.8 Å². The van der Waals surface area contributed by atoms with Gasteiger partial charge >= 0.3 is 18.0 Å². The fourth-order valence-corrected chi connectivity index (χ4v) is 7.97. The molecule has 344 valence electrons. The maximum atomic E-state index is 13.1. The van der Waals surface area contributed by atoms with Crippen LogP contribution in [0.5, 0.6) is 0 Å². The summed E-state index contributed by atoms with van der Waals surface area (Å²) in [7, 11) is 0. The number of unbranched alkanes of at least 4 members (excludes halogenated alkanes) is 14. The third-order valence-corrected chi connectivity index (χ3v) is 11.3. The largest absolute Gasteiger partial charge is 0.460 e. The van der Waals surface area contributed by atoms with Gasteiger partial charge in [-0.05, 0) is 67.9 Å². The van der Waals surface area contributed by atoms with Gasteiger partial charge in [0.25, 0.3) is 0 Å². The molecule has 0 unspecified atom stereocenters. The van der Waals surface area contributed by atoms with Gasteiger partial charge < -0.3 is 30.2 Å². The third-order valence-electron chi connectivity index (χ3n) is 11.3. The highest BCUT2D eigenvalue weighted by atomic mass is 16.6. The van der Waals surface area contributed by atoms with Crippen molar-refractivity contribution in [3.63, 3.8) is 0 Å². The van der Waals surface area contributed by atoms with Crippen LogP contribution in [-0.4, -0.2) is 61.2 Å². The van der Waals surface area contributed by atoms with Crippen LogP contribution in [0, 0.1) is 0 Å². The molecule has 0 fully saturated rings. The monoisotopic (exact) mass is 868 g/mol. The molecule has 1 aliphatic rings. The molecule has 3 amide bonds. The van der Waals surface area contributed by atoms with Crippen LogP contribution in [0.15, 0.2) is 78.9 Å². The van der Waals surface area contributed by atoms with Crippen LogP contribution in [0.4, 0.5) is 4.79 Å². The maximum absolute atomic E-state index is 13.1. The number of rotatable bonds is 30. The van der Waals surface area contributed by atoms with Gasteiger partial charge in [-0.15, -0.1) is 0 Å². The van der Waals surface area contributed by atoms with Gasteiger partial charge in [-0.1, -0.05) is 162 Å². The van der Waals surface area contributed by atoms with E-state index in [9.17, 15) is 24.0 Å². The van der Waals surface area contributed by atoms with E-state index in [-0.39, 0.29) is 62.8 Å². The standard InChI is InChI=1S/C52H73N3O8/c1-52(2,3)63-49(58)33-21-16-14-12-10-8-6-4-5-7-9-11-13-15-20-32-48(57)55-46(50(59)61-38-40-26-18-17-19-27-40)34-35-47(56)53-36-37-54-51(60)62-39-45-43-30-24-22-28-41(43)42-29-23-25-31-44(42)45/h17-19,22-31,45-46H,4-16,20-21,32-39H2,1-3H3,(H,53,56)(H,54,60)(H,55,57)/t46-/m0/s1. The molecule has 1 atom stereocenters. The summed E-state index contributed by atoms with van der Waals surface area (Å²) in [5.41, 5.74) is 4.99. The number of benzene rings is 3. The predicted octanol–water partition coefficient (Wildman–Crippen LogP) is 10.6. The van der Waals surface area contributed by atoms with Gasteiger partial charge in [0.1, 0.15) is 24.9 Å². The molecule has 0 saturated heterocycles. The molecule has 3 N–H and O–H groups in total. The molecule has 0 bridgehead atoms. The Hall–Kier alpha value is -5.19. The minimum atomic E-state index is -0.957. The quantitative estimate of drug-likeness (QED) is 0.0341. The molecule has 1 aliphatic carbocycles. The summed E-state index contributed by atoms with van der Waals surface area (Å²) >= 11 is 0. The van der Waals surface area contributed by atoms with E-state index in [0.717, 1.165) is 66.3 Å². The van der Waals surface area contributed by atoms with E-state index in [1.807, 2.05) is 75.4 Å². The second-order valence-corrected chi connectivity index (χ2v) is 17.7. The first-order valence-electron chi connectivity index (χ1n) is 23.6. The molecule has 11 nitrogen and oxygen atoms in total. The number of nitrogens with one attached hydrogen (secondary N) is 3. The van der Waals surface area contributed by atoms with E-state index in [1.165, 1.54) is 57.8 Å². The first-order valence-corrected chi connectivity index (χ1v) is 23.6. The van der Waals surface area contributed by atoms with Crippen molar-refractivity contribution >= 4 is 29.8 Å². The Bertz CT molecular complexity index is 1800. The first kappa shape index (κ1) is 50.5. The lowest BCUT2D eigenvalue weighted by Gasteiger charge is -2.19. The molecule has 63 heavy (non-hydrogen) atoms. The zero-order valence-electron chi connectivity index (χ0n) is 38.2. The molecule has 0 aliphatic heterocycles. The number of fused-ring (bicyclic) bond motifs is 3. The number of hydrogen-bond donors (Lipinski definition) is 3. The second kappa shape index (κ2) is 28.5. The van der Waals surface area contributed by atoms with E-state index in [1.54, 1.807) is 0 Å². The third kappa shape index (κ3) is 20.2. The summed E-state index contributed by atoms with van der Waals surface area (Å²) < 4.78 is 16.5. The van der Waals surface area contributed by atoms with Crippen LogP contribution in [0.25, 0.3) is 11.1 Å². The molecule has 0 heterocycles. The average Bonchev–Trinajstić information content (AvgIpc) is 3.59. The zero-order valence-corrected chi connectivity index (χ0v) is 38.2. The highest BCUT2D eigenvalue weighted by Crippen LogP contribution is 2.44. The summed E-state index contributed by atoms with van der Waals surface area (Å²) in [4.78, 5) is 63.2. The van der Waals surface area contributed by atoms with Gasteiger partial charge in [0, 0.05) is 38.3 Å². The average molecular weight is 868 g/mol. The Morgan fingerprint density at radius 1 is 0.556 bits per heavy atom. The van der Waals surface area contributed by atoms with Crippen LogP contribution in [0.3, 0.4) is 0 Å². The molecule has 0 aromatic heterocycles. The van der Waals surface area contributed by atoms with Gasteiger partial charge in [-0.25, -0.2) is 9.59 Å². The minimum absolute atomic E-state index is 0.00491. The van der Waals surface area contributed by atoms with Crippen molar-refractivity contribution in [3.05, 3.63) is 95.6 Å². The fraction of sp³-hybridized carbons (Fsp3) is 0.558. The van der Waals surface area contributed by atoms with Gasteiger partial charge in [0.2, 0.25) is 11.8 Å². The van der Waals surface area contributed by atoms with Crippen molar-refractivity contribution in [2.45, 2.75) is 167 Å². The fourth-order valence-electron chi connectivity index (χ4n) is 7.97. The number of hydrogen-bond acceptors (Lipinski definition) is 8. The molecule has 0 spiro atoms. The Balaban J connectivity index is 1.03. The van der Waals surface area contributed by atoms with Crippen LogP contribution < -0.4 is 16.0 Å². The minimum Gasteiger partial charge on any atom is -0.460 e. The second-order valence-electron chi connectivity index (χ2n) is 17.7. The molecule has 3 aromatic rings. The van der Waals surface area contributed by atoms with E-state index in [4.69, 9.17) is 14.2 Å². The normalized spacial score (nSPS) is 12.4. The topological polar surface area (TPSA) is 149 Å². The van der Waals surface area contributed by atoms with Crippen molar-refractivity contribution in [2.75, 3.05) is 19.7 Å². The molecule has 0 radical (unpaired) electrons. The molecule has 0 saturated carbocycles. The summed E-state index contributed by atoms with van der Waals surface area (Å²) in [5.74, 6) is -1.26. The summed E-state index contributed by atoms with van der Waals surface area (Å²) in [6, 6.07) is 24.6. The van der Waals surface area contributed by atoms with Crippen molar-refractivity contribution in [3.8, 4) is 11.1 Å². The zero-order chi connectivity index (χ0) is 45.1. The summed E-state index contributed by atoms with van der Waals surface area (Å²) in [6.45, 7) is 6.33. The molecule has 3 aromatic carbocycles. The number of carbonyl (C=O) groups excluding carboxylic acids is 5. The smallest absolute Gasteiger partial charge is 0.407 e. The predicted molar refractivity (Wildman–Crippen MR) is 248 cm³/mol. The Labute approximate surface area is 376 Å². The number of esters is 2. The van der Waals surface area contributed by atoms with Crippen LogP contribution in [0.1, 0.15) is 165 Å². The summed E-state index contributed by atoms with van der Waals surface area (Å²) in [6.07, 6.45) is 17.4. The molecule has 11 heteroatoms. The Morgan fingerprint density at radius 3 is 1.60 bits per heavy atom. The lowest BCUT2D eigenvalue weighted by Crippen LogP contribution is -2.43. The van der Waals surface area contributed by atoms with E-state index >= 15 is 0 Å². The lowest BCUT2D eigenvalue weighted by molar-refractivity contribution is -0.155. The SMILES string of the molecule is CC(C)(C)OC(=O)CCCCCCCCCCCCCCCCCC(=O)N[C@@H](CCC(=O)NCCNC(=O)OCC1c2ccccc2-c2ccccc21)C(=O)OCc1ccccc1. The van der Waals surface area contributed by atoms with E-state index < -0.39 is 23.7 Å². The molecular weight excluding hydrogens is 795 g/mol. The van der Waals surface area contributed by atoms with Crippen molar-refractivity contribution < 1.29 is 38.2 Å². The molecule has 4 rings (SSSR count). The van der Waals surface area contributed by atoms with Crippen LogP contribution in [0.2, 0.25) is 0 Å². The number of alkyl carbamates (subject to hydrolysis) is 1. The van der Waals surface area contributed by atoms with Crippen molar-refractivity contribution in [2.24, 2.45) is 0 Å². The van der Waals surface area contributed by atoms with Gasteiger partial charge in [-0.3, -0.25) is 14.4 Å².